The minimum absolute atomic E-state index is 0.140. The fourth-order valence-corrected chi connectivity index (χ4v) is 5.04. The van der Waals surface area contributed by atoms with E-state index in [1.54, 1.807) is 44.2 Å². The molecule has 0 saturated heterocycles. The molecule has 0 amide bonds. The number of ether oxygens (including phenoxy) is 1. The molecule has 1 aliphatic carbocycles. The quantitative estimate of drug-likeness (QED) is 0.440. The Balaban J connectivity index is 1.48. The molecule has 2 aromatic carbocycles. The molecule has 1 fully saturated rings. The largest absolute Gasteiger partial charge is 0.434 e. The Hall–Kier alpha value is -3.46. The molecular weight excluding hydrogens is 445 g/mol. The minimum Gasteiger partial charge on any atom is -0.434 e. The molecule has 1 N–H and O–H groups in total. The topological polar surface area (TPSA) is 73.1 Å². The highest BCUT2D eigenvalue weighted by Gasteiger charge is 2.55. The Bertz CT molecular complexity index is 1410. The Morgan fingerprint density at radius 1 is 1.15 bits per heavy atom. The van der Waals surface area contributed by atoms with E-state index in [0.717, 1.165) is 12.2 Å². The SMILES string of the molecule is CC(C)(O)c1ncc(-c2cc3c(cc2F)nc2n3C(c3ccccc3OC(F)F)C3CC23)cn1. The van der Waals surface area contributed by atoms with Crippen molar-refractivity contribution < 1.29 is 23.0 Å². The molecule has 2 aliphatic rings. The molecule has 3 unspecified atom stereocenters. The van der Waals surface area contributed by atoms with Crippen molar-refractivity contribution in [1.82, 2.24) is 19.5 Å². The highest BCUT2D eigenvalue weighted by Crippen LogP contribution is 2.63. The summed E-state index contributed by atoms with van der Waals surface area (Å²) in [6.45, 7) is 0.223. The van der Waals surface area contributed by atoms with Crippen LogP contribution in [0.3, 0.4) is 0 Å². The first-order chi connectivity index (χ1) is 16.2. The molecule has 4 aromatic rings. The minimum atomic E-state index is -2.93. The molecule has 3 atom stereocenters. The third kappa shape index (κ3) is 3.26. The first kappa shape index (κ1) is 21.1. The van der Waals surface area contributed by atoms with E-state index in [1.165, 1.54) is 18.5 Å². The number of aliphatic hydroxyl groups is 1. The second kappa shape index (κ2) is 7.27. The lowest BCUT2D eigenvalue weighted by atomic mass is 10.0. The van der Waals surface area contributed by atoms with Crippen LogP contribution in [0.1, 0.15) is 49.4 Å². The number of aromatic nitrogens is 4. The van der Waals surface area contributed by atoms with Gasteiger partial charge in [-0.1, -0.05) is 18.2 Å². The van der Waals surface area contributed by atoms with Gasteiger partial charge in [-0.25, -0.2) is 19.3 Å². The zero-order chi connectivity index (χ0) is 23.8. The van der Waals surface area contributed by atoms with Crippen LogP contribution in [-0.2, 0) is 5.60 Å². The fourth-order valence-electron chi connectivity index (χ4n) is 5.04. The predicted octanol–water partition coefficient (Wildman–Crippen LogP) is 5.17. The average molecular weight is 466 g/mol. The number of hydrogen-bond donors (Lipinski definition) is 1. The molecule has 1 aliphatic heterocycles. The Morgan fingerprint density at radius 2 is 1.88 bits per heavy atom. The third-order valence-corrected chi connectivity index (χ3v) is 6.62. The van der Waals surface area contributed by atoms with Crippen LogP contribution < -0.4 is 4.74 Å². The molecule has 3 heterocycles. The van der Waals surface area contributed by atoms with E-state index in [9.17, 15) is 13.9 Å². The zero-order valence-corrected chi connectivity index (χ0v) is 18.4. The number of hydrogen-bond acceptors (Lipinski definition) is 5. The number of nitrogens with zero attached hydrogens (tertiary/aromatic N) is 4. The first-order valence-electron chi connectivity index (χ1n) is 11.0. The number of para-hydroxylation sites is 1. The predicted molar refractivity (Wildman–Crippen MR) is 118 cm³/mol. The van der Waals surface area contributed by atoms with Gasteiger partial charge in [0.05, 0.1) is 17.1 Å². The van der Waals surface area contributed by atoms with Gasteiger partial charge < -0.3 is 14.4 Å². The highest BCUT2D eigenvalue weighted by atomic mass is 19.3. The van der Waals surface area contributed by atoms with Crippen molar-refractivity contribution in [3.63, 3.8) is 0 Å². The number of benzene rings is 2. The second-order valence-electron chi connectivity index (χ2n) is 9.38. The van der Waals surface area contributed by atoms with Crippen LogP contribution in [0.25, 0.3) is 22.2 Å². The molecule has 6 nitrogen and oxygen atoms in total. The molecule has 0 radical (unpaired) electrons. The van der Waals surface area contributed by atoms with E-state index in [4.69, 9.17) is 9.72 Å². The van der Waals surface area contributed by atoms with Crippen molar-refractivity contribution in [3.05, 3.63) is 71.8 Å². The molecule has 6 rings (SSSR count). The molecule has 0 spiro atoms. The Kier molecular flexibility index (Phi) is 4.51. The van der Waals surface area contributed by atoms with Crippen molar-refractivity contribution in [1.29, 1.82) is 0 Å². The highest BCUT2D eigenvalue weighted by molar-refractivity contribution is 5.84. The number of fused-ring (bicyclic) bond motifs is 5. The van der Waals surface area contributed by atoms with Gasteiger partial charge in [0.2, 0.25) is 0 Å². The van der Waals surface area contributed by atoms with Gasteiger partial charge in [-0.3, -0.25) is 0 Å². The van der Waals surface area contributed by atoms with Gasteiger partial charge in [0.25, 0.3) is 0 Å². The van der Waals surface area contributed by atoms with Gasteiger partial charge in [0.1, 0.15) is 23.0 Å². The summed E-state index contributed by atoms with van der Waals surface area (Å²) < 4.78 is 48.0. The molecule has 174 valence electrons. The maximum Gasteiger partial charge on any atom is 0.387 e. The lowest BCUT2D eigenvalue weighted by Crippen LogP contribution is -2.19. The van der Waals surface area contributed by atoms with Crippen molar-refractivity contribution in [2.45, 2.75) is 44.4 Å². The number of imidazole rings is 1. The van der Waals surface area contributed by atoms with E-state index in [2.05, 4.69) is 9.97 Å². The van der Waals surface area contributed by atoms with E-state index < -0.39 is 18.0 Å². The normalized spacial score (nSPS) is 21.1. The van der Waals surface area contributed by atoms with Crippen LogP contribution in [0, 0.1) is 11.7 Å². The molecule has 34 heavy (non-hydrogen) atoms. The van der Waals surface area contributed by atoms with E-state index in [1.807, 2.05) is 4.57 Å². The van der Waals surface area contributed by atoms with Gasteiger partial charge in [-0.05, 0) is 38.3 Å². The third-order valence-electron chi connectivity index (χ3n) is 6.62. The number of rotatable bonds is 5. The van der Waals surface area contributed by atoms with E-state index in [-0.39, 0.29) is 29.5 Å². The molecular formula is C25H21F3N4O2. The van der Waals surface area contributed by atoms with Crippen molar-refractivity contribution in [2.75, 3.05) is 0 Å². The van der Waals surface area contributed by atoms with E-state index in [0.29, 0.717) is 27.7 Å². The summed E-state index contributed by atoms with van der Waals surface area (Å²) >= 11 is 0. The maximum atomic E-state index is 15.1. The summed E-state index contributed by atoms with van der Waals surface area (Å²) in [7, 11) is 0. The van der Waals surface area contributed by atoms with Crippen molar-refractivity contribution in [2.24, 2.45) is 5.92 Å². The summed E-state index contributed by atoms with van der Waals surface area (Å²) in [4.78, 5) is 13.1. The summed E-state index contributed by atoms with van der Waals surface area (Å²) in [5, 5.41) is 10.1. The average Bonchev–Trinajstić information content (AvgIpc) is 3.39. The second-order valence-corrected chi connectivity index (χ2v) is 9.38. The molecule has 1 saturated carbocycles. The summed E-state index contributed by atoms with van der Waals surface area (Å²) in [5.41, 5.74) is 1.43. The van der Waals surface area contributed by atoms with E-state index >= 15 is 4.39 Å². The van der Waals surface area contributed by atoms with Gasteiger partial charge in [-0.15, -0.1) is 0 Å². The summed E-state index contributed by atoms with van der Waals surface area (Å²) in [5.74, 6) is 1.19. The smallest absolute Gasteiger partial charge is 0.387 e. The van der Waals surface area contributed by atoms with Crippen LogP contribution >= 0.6 is 0 Å². The number of alkyl halides is 2. The monoisotopic (exact) mass is 466 g/mol. The van der Waals surface area contributed by atoms with Gasteiger partial charge in [-0.2, -0.15) is 8.78 Å². The number of halogens is 3. The van der Waals surface area contributed by atoms with Gasteiger partial charge in [0.15, 0.2) is 5.82 Å². The first-order valence-corrected chi connectivity index (χ1v) is 11.0. The molecule has 2 aromatic heterocycles. The molecule has 9 heteroatoms. The van der Waals surface area contributed by atoms with Crippen LogP contribution in [0.2, 0.25) is 0 Å². The summed E-state index contributed by atoms with van der Waals surface area (Å²) in [6.07, 6.45) is 3.86. The zero-order valence-electron chi connectivity index (χ0n) is 18.4. The van der Waals surface area contributed by atoms with Crippen LogP contribution in [0.4, 0.5) is 13.2 Å². The van der Waals surface area contributed by atoms with Crippen LogP contribution in [-0.4, -0.2) is 31.2 Å². The van der Waals surface area contributed by atoms with Crippen molar-refractivity contribution >= 4 is 11.0 Å². The fraction of sp³-hybridized carbons (Fsp3) is 0.320. The Labute approximate surface area is 193 Å². The van der Waals surface area contributed by atoms with Gasteiger partial charge in [0, 0.05) is 41.1 Å². The standard InChI is InChI=1S/C25H21F3N4O2/c1-25(2,33)23-29-10-12(11-30-23)14-8-19-18(9-17(14)26)31-22-16-7-15(16)21(32(19)22)13-5-3-4-6-20(13)34-24(27)28/h3-6,8-11,15-16,21,24,33H,7H2,1-2H3. The van der Waals surface area contributed by atoms with Gasteiger partial charge >= 0.3 is 6.61 Å². The van der Waals surface area contributed by atoms with Crippen molar-refractivity contribution in [3.8, 4) is 16.9 Å². The lowest BCUT2D eigenvalue weighted by molar-refractivity contribution is -0.0507. The Morgan fingerprint density at radius 3 is 2.59 bits per heavy atom. The summed E-state index contributed by atoms with van der Waals surface area (Å²) in [6, 6.07) is 9.67. The lowest BCUT2D eigenvalue weighted by Gasteiger charge is -2.21. The van der Waals surface area contributed by atoms with Crippen LogP contribution in [0.5, 0.6) is 5.75 Å². The maximum absolute atomic E-state index is 15.1. The molecule has 0 bridgehead atoms. The van der Waals surface area contributed by atoms with Crippen LogP contribution in [0.15, 0.2) is 48.8 Å².